The number of thiocarbonyl (C=S) groups is 1. The molecule has 0 radical (unpaired) electrons. The van der Waals surface area contributed by atoms with E-state index in [1.54, 1.807) is 18.2 Å². The largest absolute Gasteiger partial charge is 0.495 e. The van der Waals surface area contributed by atoms with Crippen LogP contribution in [0.25, 0.3) is 6.08 Å². The molecule has 5 nitrogen and oxygen atoms in total. The second-order valence-electron chi connectivity index (χ2n) is 5.87. The first kappa shape index (κ1) is 19.1. The van der Waals surface area contributed by atoms with Crippen molar-refractivity contribution in [2.45, 2.75) is 13.3 Å². The van der Waals surface area contributed by atoms with E-state index in [1.165, 1.54) is 18.1 Å². The van der Waals surface area contributed by atoms with E-state index in [0.29, 0.717) is 22.0 Å². The number of rotatable bonds is 4. The maximum atomic E-state index is 13.0. The van der Waals surface area contributed by atoms with Crippen LogP contribution in [0.3, 0.4) is 0 Å². The zero-order valence-corrected chi connectivity index (χ0v) is 16.4. The molecule has 3 rings (SSSR count). The van der Waals surface area contributed by atoms with Crippen LogP contribution in [0.15, 0.2) is 48.0 Å². The number of halogens is 1. The Balaban J connectivity index is 1.97. The smallest absolute Gasteiger partial charge is 0.270 e. The Kier molecular flexibility index (Phi) is 5.58. The molecule has 2 amide bonds. The standard InChI is InChI=1S/C20H17ClN2O3S/c1-3-12-4-7-14(8-5-12)23-19(25)15(18(24)22-20(23)27)10-13-6-9-17(26-2)16(21)11-13/h4-11H,3H2,1-2H3,(H,22,24,27). The van der Waals surface area contributed by atoms with Crippen molar-refractivity contribution in [2.24, 2.45) is 0 Å². The number of anilines is 1. The quantitative estimate of drug-likeness (QED) is 0.482. The Morgan fingerprint density at radius 3 is 2.48 bits per heavy atom. The van der Waals surface area contributed by atoms with Gasteiger partial charge in [-0.3, -0.25) is 19.8 Å². The fraction of sp³-hybridized carbons (Fsp3) is 0.150. The maximum Gasteiger partial charge on any atom is 0.270 e. The van der Waals surface area contributed by atoms with Crippen LogP contribution in [0.1, 0.15) is 18.1 Å². The Labute approximate surface area is 167 Å². The van der Waals surface area contributed by atoms with Crippen LogP contribution in [0.4, 0.5) is 5.69 Å². The molecule has 0 atom stereocenters. The first-order valence-corrected chi connectivity index (χ1v) is 9.07. The second kappa shape index (κ2) is 7.90. The van der Waals surface area contributed by atoms with Crippen LogP contribution < -0.4 is 15.0 Å². The molecule has 1 heterocycles. The predicted octanol–water partition coefficient (Wildman–Crippen LogP) is 3.74. The van der Waals surface area contributed by atoms with Crippen molar-refractivity contribution in [3.05, 3.63) is 64.2 Å². The highest BCUT2D eigenvalue weighted by Crippen LogP contribution is 2.27. The minimum absolute atomic E-state index is 0.0237. The maximum absolute atomic E-state index is 13.0. The summed E-state index contributed by atoms with van der Waals surface area (Å²) >= 11 is 11.3. The summed E-state index contributed by atoms with van der Waals surface area (Å²) in [5.41, 5.74) is 2.32. The van der Waals surface area contributed by atoms with Crippen molar-refractivity contribution < 1.29 is 14.3 Å². The molecule has 0 aliphatic carbocycles. The Morgan fingerprint density at radius 1 is 1.19 bits per heavy atom. The first-order chi connectivity index (χ1) is 12.9. The fourth-order valence-corrected chi connectivity index (χ4v) is 3.26. The molecule has 2 aromatic carbocycles. The zero-order valence-electron chi connectivity index (χ0n) is 14.8. The van der Waals surface area contributed by atoms with E-state index in [-0.39, 0.29) is 10.7 Å². The van der Waals surface area contributed by atoms with Crippen molar-refractivity contribution in [3.8, 4) is 5.75 Å². The lowest BCUT2D eigenvalue weighted by Gasteiger charge is -2.29. The monoisotopic (exact) mass is 400 g/mol. The van der Waals surface area contributed by atoms with Gasteiger partial charge in [-0.05, 0) is 60.1 Å². The average Bonchev–Trinajstić information content (AvgIpc) is 2.65. The number of carbonyl (C=O) groups is 2. The van der Waals surface area contributed by atoms with Gasteiger partial charge in [-0.1, -0.05) is 36.7 Å². The molecule has 1 aliphatic rings. The third-order valence-corrected chi connectivity index (χ3v) is 4.77. The summed E-state index contributed by atoms with van der Waals surface area (Å²) < 4.78 is 5.12. The van der Waals surface area contributed by atoms with Gasteiger partial charge in [0.15, 0.2) is 5.11 Å². The van der Waals surface area contributed by atoms with Crippen LogP contribution in [0.2, 0.25) is 5.02 Å². The van der Waals surface area contributed by atoms with E-state index in [2.05, 4.69) is 5.32 Å². The van der Waals surface area contributed by atoms with Crippen LogP contribution in [0, 0.1) is 0 Å². The third kappa shape index (κ3) is 3.86. The number of carbonyl (C=O) groups excluding carboxylic acids is 2. The number of nitrogens with zero attached hydrogens (tertiary/aromatic N) is 1. The summed E-state index contributed by atoms with van der Waals surface area (Å²) in [4.78, 5) is 26.6. The molecule has 1 saturated heterocycles. The summed E-state index contributed by atoms with van der Waals surface area (Å²) in [6, 6.07) is 12.5. The van der Waals surface area contributed by atoms with Crippen molar-refractivity contribution in [2.75, 3.05) is 12.0 Å². The van der Waals surface area contributed by atoms with Gasteiger partial charge in [0, 0.05) is 0 Å². The second-order valence-corrected chi connectivity index (χ2v) is 6.67. The molecule has 1 aliphatic heterocycles. The topological polar surface area (TPSA) is 58.6 Å². The highest BCUT2D eigenvalue weighted by Gasteiger charge is 2.34. The molecule has 1 fully saturated rings. The lowest BCUT2D eigenvalue weighted by atomic mass is 10.1. The van der Waals surface area contributed by atoms with Crippen LogP contribution in [-0.2, 0) is 16.0 Å². The van der Waals surface area contributed by atoms with E-state index in [4.69, 9.17) is 28.6 Å². The minimum atomic E-state index is -0.543. The zero-order chi connectivity index (χ0) is 19.6. The van der Waals surface area contributed by atoms with Gasteiger partial charge in [0.2, 0.25) is 0 Å². The van der Waals surface area contributed by atoms with Gasteiger partial charge in [-0.25, -0.2) is 0 Å². The molecule has 0 aromatic heterocycles. The van der Waals surface area contributed by atoms with Crippen LogP contribution >= 0.6 is 23.8 Å². The Hall–Kier alpha value is -2.70. The number of hydrogen-bond acceptors (Lipinski definition) is 4. The fourth-order valence-electron chi connectivity index (χ4n) is 2.71. The lowest BCUT2D eigenvalue weighted by Crippen LogP contribution is -2.54. The normalized spacial score (nSPS) is 15.9. The molecule has 0 saturated carbocycles. The van der Waals surface area contributed by atoms with Gasteiger partial charge >= 0.3 is 0 Å². The summed E-state index contributed by atoms with van der Waals surface area (Å²) in [6.45, 7) is 2.05. The highest BCUT2D eigenvalue weighted by molar-refractivity contribution is 7.80. The Bertz CT molecular complexity index is 954. The number of amides is 2. The van der Waals surface area contributed by atoms with Crippen LogP contribution in [-0.4, -0.2) is 24.0 Å². The highest BCUT2D eigenvalue weighted by atomic mass is 35.5. The van der Waals surface area contributed by atoms with Crippen molar-refractivity contribution >= 4 is 52.5 Å². The van der Waals surface area contributed by atoms with Gasteiger partial charge in [0.25, 0.3) is 11.8 Å². The summed E-state index contributed by atoms with van der Waals surface area (Å²) in [5.74, 6) is -0.518. The van der Waals surface area contributed by atoms with Crippen LogP contribution in [0.5, 0.6) is 5.75 Å². The number of methoxy groups -OCH3 is 1. The van der Waals surface area contributed by atoms with E-state index in [0.717, 1.165) is 12.0 Å². The van der Waals surface area contributed by atoms with Gasteiger partial charge in [-0.2, -0.15) is 0 Å². The number of benzene rings is 2. The van der Waals surface area contributed by atoms with Crippen molar-refractivity contribution in [3.63, 3.8) is 0 Å². The molecule has 27 heavy (non-hydrogen) atoms. The molecule has 7 heteroatoms. The number of ether oxygens (including phenoxy) is 1. The molecule has 138 valence electrons. The first-order valence-electron chi connectivity index (χ1n) is 8.28. The predicted molar refractivity (Wildman–Crippen MR) is 110 cm³/mol. The number of nitrogens with one attached hydrogen (secondary N) is 1. The molecule has 0 spiro atoms. The van der Waals surface area contributed by atoms with E-state index < -0.39 is 11.8 Å². The van der Waals surface area contributed by atoms with E-state index >= 15 is 0 Å². The van der Waals surface area contributed by atoms with Gasteiger partial charge in [0.1, 0.15) is 11.3 Å². The lowest BCUT2D eigenvalue weighted by molar-refractivity contribution is -0.122. The summed E-state index contributed by atoms with van der Waals surface area (Å²) in [7, 11) is 1.51. The van der Waals surface area contributed by atoms with Crippen molar-refractivity contribution in [1.82, 2.24) is 5.32 Å². The van der Waals surface area contributed by atoms with E-state index in [9.17, 15) is 9.59 Å². The van der Waals surface area contributed by atoms with Gasteiger partial charge in [0.05, 0.1) is 17.8 Å². The third-order valence-electron chi connectivity index (χ3n) is 4.19. The van der Waals surface area contributed by atoms with Crippen molar-refractivity contribution in [1.29, 1.82) is 0 Å². The molecular formula is C20H17ClN2O3S. The molecular weight excluding hydrogens is 384 g/mol. The SMILES string of the molecule is CCc1ccc(N2C(=O)C(=Cc3ccc(OC)c(Cl)c3)C(=O)NC2=S)cc1. The number of hydrogen-bond donors (Lipinski definition) is 1. The average molecular weight is 401 g/mol. The van der Waals surface area contributed by atoms with Gasteiger partial charge in [-0.15, -0.1) is 0 Å². The number of aryl methyl sites for hydroxylation is 1. The molecule has 2 aromatic rings. The Morgan fingerprint density at radius 2 is 1.89 bits per heavy atom. The molecule has 1 N–H and O–H groups in total. The summed E-state index contributed by atoms with van der Waals surface area (Å²) in [6.07, 6.45) is 2.37. The molecule has 0 unspecified atom stereocenters. The minimum Gasteiger partial charge on any atom is -0.495 e. The van der Waals surface area contributed by atoms with E-state index in [1.807, 2.05) is 31.2 Å². The summed E-state index contributed by atoms with van der Waals surface area (Å²) in [5, 5.41) is 3.01. The van der Waals surface area contributed by atoms with Gasteiger partial charge < -0.3 is 4.74 Å². The molecule has 0 bridgehead atoms.